The first-order valence-electron chi connectivity index (χ1n) is 5.43. The molecule has 0 spiro atoms. The van der Waals surface area contributed by atoms with Crippen molar-refractivity contribution < 1.29 is 4.79 Å². The number of nitrogens with zero attached hydrogens (tertiary/aromatic N) is 1. The average molecular weight is 216 g/mol. The van der Waals surface area contributed by atoms with Gasteiger partial charge in [-0.15, -0.1) is 0 Å². The summed E-state index contributed by atoms with van der Waals surface area (Å²) in [5.74, 6) is -0.360. The summed E-state index contributed by atoms with van der Waals surface area (Å²) in [5, 5.41) is 1.12. The van der Waals surface area contributed by atoms with Crippen LogP contribution in [0, 0.1) is 6.92 Å². The quantitative estimate of drug-likeness (QED) is 0.821. The van der Waals surface area contributed by atoms with Crippen LogP contribution in [0.25, 0.3) is 10.9 Å². The van der Waals surface area contributed by atoms with Crippen molar-refractivity contribution in [3.05, 3.63) is 35.0 Å². The van der Waals surface area contributed by atoms with Crippen LogP contribution in [0.1, 0.15) is 28.4 Å². The van der Waals surface area contributed by atoms with E-state index in [9.17, 15) is 4.79 Å². The molecule has 2 aromatic rings. The van der Waals surface area contributed by atoms with Crippen LogP contribution in [0.4, 0.5) is 0 Å². The molecule has 0 radical (unpaired) electrons. The average Bonchev–Trinajstić information content (AvgIpc) is 2.53. The molecule has 84 valence electrons. The summed E-state index contributed by atoms with van der Waals surface area (Å²) in [6.45, 7) is 4.12. The third-order valence-electron chi connectivity index (χ3n) is 3.01. The zero-order chi connectivity index (χ0) is 11.9. The number of aromatic nitrogens is 1. The zero-order valence-corrected chi connectivity index (χ0v) is 9.87. The Morgan fingerprint density at radius 2 is 2.12 bits per heavy atom. The van der Waals surface area contributed by atoms with Gasteiger partial charge in [-0.05, 0) is 36.6 Å². The largest absolute Gasteiger partial charge is 0.366 e. The van der Waals surface area contributed by atoms with Crippen LogP contribution in [0.15, 0.2) is 18.3 Å². The first kappa shape index (κ1) is 10.7. The Morgan fingerprint density at radius 1 is 1.44 bits per heavy atom. The molecule has 3 heteroatoms. The van der Waals surface area contributed by atoms with Crippen molar-refractivity contribution in [2.45, 2.75) is 20.3 Å². The monoisotopic (exact) mass is 216 g/mol. The molecule has 0 aliphatic rings. The Hall–Kier alpha value is -1.77. The van der Waals surface area contributed by atoms with Crippen LogP contribution >= 0.6 is 0 Å². The number of hydrogen-bond acceptors (Lipinski definition) is 1. The molecule has 1 aromatic carbocycles. The van der Waals surface area contributed by atoms with Crippen LogP contribution in [0.2, 0.25) is 0 Å². The van der Waals surface area contributed by atoms with E-state index in [0.29, 0.717) is 5.56 Å². The van der Waals surface area contributed by atoms with E-state index >= 15 is 0 Å². The van der Waals surface area contributed by atoms with Gasteiger partial charge in [0.1, 0.15) is 0 Å². The maximum atomic E-state index is 11.5. The number of primary amides is 1. The SMILES string of the molecule is CCc1cc(C(N)=O)c2c(c1)c(C)cn2C. The first-order valence-corrected chi connectivity index (χ1v) is 5.43. The molecule has 0 saturated heterocycles. The molecule has 2 N–H and O–H groups in total. The lowest BCUT2D eigenvalue weighted by Crippen LogP contribution is -2.13. The third kappa shape index (κ3) is 1.48. The third-order valence-corrected chi connectivity index (χ3v) is 3.01. The topological polar surface area (TPSA) is 48.0 Å². The molecule has 0 saturated carbocycles. The van der Waals surface area contributed by atoms with Gasteiger partial charge in [0.25, 0.3) is 5.91 Å². The molecule has 0 aliphatic heterocycles. The molecular weight excluding hydrogens is 200 g/mol. The molecule has 16 heavy (non-hydrogen) atoms. The minimum Gasteiger partial charge on any atom is -0.366 e. The lowest BCUT2D eigenvalue weighted by Gasteiger charge is -2.05. The van der Waals surface area contributed by atoms with Gasteiger partial charge in [0.05, 0.1) is 11.1 Å². The Bertz CT molecular complexity index is 567. The Balaban J connectivity index is 2.90. The second kappa shape index (κ2) is 3.67. The number of aryl methyl sites for hydroxylation is 3. The number of hydrogen-bond donors (Lipinski definition) is 1. The normalized spacial score (nSPS) is 10.9. The van der Waals surface area contributed by atoms with E-state index < -0.39 is 0 Å². The Labute approximate surface area is 94.9 Å². The number of rotatable bonds is 2. The number of fused-ring (bicyclic) bond motifs is 1. The Morgan fingerprint density at radius 3 is 2.69 bits per heavy atom. The van der Waals surface area contributed by atoms with Gasteiger partial charge in [0, 0.05) is 18.6 Å². The molecule has 0 aliphatic carbocycles. The molecule has 0 atom stereocenters. The van der Waals surface area contributed by atoms with Crippen LogP contribution in [-0.2, 0) is 13.5 Å². The number of benzene rings is 1. The molecule has 1 aromatic heterocycles. The highest BCUT2D eigenvalue weighted by molar-refractivity contribution is 6.06. The highest BCUT2D eigenvalue weighted by Gasteiger charge is 2.13. The fraction of sp³-hybridized carbons (Fsp3) is 0.308. The standard InChI is InChI=1S/C13H16N2O/c1-4-9-5-10-8(2)7-15(3)12(10)11(6-9)13(14)16/h5-7H,4H2,1-3H3,(H2,14,16). The predicted octanol–water partition coefficient (Wildman–Crippen LogP) is 2.15. The van der Waals surface area contributed by atoms with Crippen molar-refractivity contribution in [1.82, 2.24) is 4.57 Å². The van der Waals surface area contributed by atoms with Gasteiger partial charge in [0.15, 0.2) is 0 Å². The number of carbonyl (C=O) groups is 1. The van der Waals surface area contributed by atoms with E-state index in [1.54, 1.807) is 0 Å². The summed E-state index contributed by atoms with van der Waals surface area (Å²) in [6.07, 6.45) is 2.93. The minimum atomic E-state index is -0.360. The van der Waals surface area contributed by atoms with E-state index in [1.807, 2.05) is 30.8 Å². The van der Waals surface area contributed by atoms with Crippen LogP contribution in [-0.4, -0.2) is 10.5 Å². The number of nitrogens with two attached hydrogens (primary N) is 1. The number of amides is 1. The second-order valence-corrected chi connectivity index (χ2v) is 4.18. The van der Waals surface area contributed by atoms with E-state index in [1.165, 1.54) is 5.56 Å². The zero-order valence-electron chi connectivity index (χ0n) is 9.87. The van der Waals surface area contributed by atoms with Crippen molar-refractivity contribution in [2.75, 3.05) is 0 Å². The fourth-order valence-electron chi connectivity index (χ4n) is 2.19. The second-order valence-electron chi connectivity index (χ2n) is 4.18. The van der Waals surface area contributed by atoms with Gasteiger partial charge in [0.2, 0.25) is 0 Å². The van der Waals surface area contributed by atoms with Gasteiger partial charge >= 0.3 is 0 Å². The van der Waals surface area contributed by atoms with Crippen molar-refractivity contribution in [2.24, 2.45) is 12.8 Å². The lowest BCUT2D eigenvalue weighted by atomic mass is 10.0. The highest BCUT2D eigenvalue weighted by Crippen LogP contribution is 2.25. The molecule has 1 amide bonds. The van der Waals surface area contributed by atoms with Crippen molar-refractivity contribution in [3.63, 3.8) is 0 Å². The molecule has 0 unspecified atom stereocenters. The van der Waals surface area contributed by atoms with Gasteiger partial charge < -0.3 is 10.3 Å². The predicted molar refractivity (Wildman–Crippen MR) is 65.6 cm³/mol. The maximum Gasteiger partial charge on any atom is 0.250 e. The summed E-state index contributed by atoms with van der Waals surface area (Å²) in [7, 11) is 1.94. The van der Waals surface area contributed by atoms with Crippen molar-refractivity contribution in [1.29, 1.82) is 0 Å². The number of carbonyl (C=O) groups excluding carboxylic acids is 1. The molecule has 0 fully saturated rings. The van der Waals surface area contributed by atoms with Crippen LogP contribution in [0.3, 0.4) is 0 Å². The maximum absolute atomic E-state index is 11.5. The van der Waals surface area contributed by atoms with E-state index in [4.69, 9.17) is 5.73 Å². The molecule has 3 nitrogen and oxygen atoms in total. The lowest BCUT2D eigenvalue weighted by molar-refractivity contribution is 0.100. The van der Waals surface area contributed by atoms with Crippen LogP contribution < -0.4 is 5.73 Å². The summed E-state index contributed by atoms with van der Waals surface area (Å²) in [5.41, 5.74) is 9.30. The molecule has 1 heterocycles. The molecule has 0 bridgehead atoms. The highest BCUT2D eigenvalue weighted by atomic mass is 16.1. The smallest absolute Gasteiger partial charge is 0.250 e. The van der Waals surface area contributed by atoms with Gasteiger partial charge in [-0.2, -0.15) is 0 Å². The van der Waals surface area contributed by atoms with Gasteiger partial charge in [-0.3, -0.25) is 4.79 Å². The molecular formula is C13H16N2O. The summed E-state index contributed by atoms with van der Waals surface area (Å²) >= 11 is 0. The van der Waals surface area contributed by atoms with Gasteiger partial charge in [-0.25, -0.2) is 0 Å². The summed E-state index contributed by atoms with van der Waals surface area (Å²) in [4.78, 5) is 11.5. The first-order chi connectivity index (χ1) is 7.54. The van der Waals surface area contributed by atoms with Crippen LogP contribution in [0.5, 0.6) is 0 Å². The fourth-order valence-corrected chi connectivity index (χ4v) is 2.19. The Kier molecular flexibility index (Phi) is 2.46. The van der Waals surface area contributed by atoms with Crippen molar-refractivity contribution >= 4 is 16.8 Å². The van der Waals surface area contributed by atoms with Gasteiger partial charge in [-0.1, -0.05) is 6.92 Å². The van der Waals surface area contributed by atoms with Crippen molar-refractivity contribution in [3.8, 4) is 0 Å². The molecule has 2 rings (SSSR count). The minimum absolute atomic E-state index is 0.360. The van der Waals surface area contributed by atoms with E-state index in [-0.39, 0.29) is 5.91 Å². The summed E-state index contributed by atoms with van der Waals surface area (Å²) in [6, 6.07) is 4.03. The summed E-state index contributed by atoms with van der Waals surface area (Å²) < 4.78 is 1.96. The van der Waals surface area contributed by atoms with E-state index in [2.05, 4.69) is 13.0 Å². The van der Waals surface area contributed by atoms with E-state index in [0.717, 1.165) is 22.9 Å².